The Morgan fingerprint density at radius 2 is 2.00 bits per heavy atom. The van der Waals surface area contributed by atoms with Gasteiger partial charge in [-0.25, -0.2) is 0 Å². The highest BCUT2D eigenvalue weighted by molar-refractivity contribution is 5.74. The summed E-state index contributed by atoms with van der Waals surface area (Å²) >= 11 is 0. The molecule has 13 heavy (non-hydrogen) atoms. The van der Waals surface area contributed by atoms with Crippen molar-refractivity contribution < 1.29 is 0 Å². The van der Waals surface area contributed by atoms with Gasteiger partial charge >= 0.3 is 0 Å². The number of rotatable bonds is 4. The summed E-state index contributed by atoms with van der Waals surface area (Å²) in [5.74, 6) is 0. The molecule has 68 valence electrons. The van der Waals surface area contributed by atoms with Gasteiger partial charge in [0.1, 0.15) is 0 Å². The lowest BCUT2D eigenvalue weighted by Crippen LogP contribution is -1.66. The zero-order valence-corrected chi connectivity index (χ0v) is 7.98. The minimum atomic E-state index is 1.00. The Bertz CT molecular complexity index is 272. The van der Waals surface area contributed by atoms with Gasteiger partial charge in [-0.15, -0.1) is 0 Å². The molecule has 0 bridgehead atoms. The van der Waals surface area contributed by atoms with E-state index in [1.807, 2.05) is 42.6 Å². The Hall–Kier alpha value is -1.37. The monoisotopic (exact) mass is 173 g/mol. The number of hydrogen-bond donors (Lipinski definition) is 0. The van der Waals surface area contributed by atoms with Crippen molar-refractivity contribution in [2.24, 2.45) is 4.99 Å². The third kappa shape index (κ3) is 4.26. The van der Waals surface area contributed by atoms with Crippen LogP contribution in [-0.4, -0.2) is 6.21 Å². The van der Waals surface area contributed by atoms with E-state index in [1.165, 1.54) is 6.42 Å². The number of nitrogens with zero attached hydrogens (tertiary/aromatic N) is 1. The van der Waals surface area contributed by atoms with Crippen molar-refractivity contribution in [2.45, 2.75) is 19.8 Å². The molecule has 1 aromatic carbocycles. The highest BCUT2D eigenvalue weighted by Gasteiger charge is 1.80. The van der Waals surface area contributed by atoms with E-state index in [9.17, 15) is 0 Å². The van der Waals surface area contributed by atoms with Gasteiger partial charge < -0.3 is 0 Å². The summed E-state index contributed by atoms with van der Waals surface area (Å²) in [6.07, 6.45) is 8.28. The Kier molecular flexibility index (Phi) is 4.62. The van der Waals surface area contributed by atoms with Gasteiger partial charge in [0.05, 0.1) is 5.69 Å². The molecule has 0 radical (unpaired) electrons. The number of aliphatic imine (C=N–C) groups is 1. The fourth-order valence-electron chi connectivity index (χ4n) is 0.967. The van der Waals surface area contributed by atoms with E-state index in [2.05, 4.69) is 18.0 Å². The number of benzene rings is 1. The zero-order valence-electron chi connectivity index (χ0n) is 7.98. The summed E-state index contributed by atoms with van der Waals surface area (Å²) < 4.78 is 0. The number of allylic oxidation sites excluding steroid dienone is 2. The molecular formula is C12H15N. The molecule has 0 aliphatic heterocycles. The SMILES string of the molecule is CCC/C=C\C=Nc1ccccc1. The van der Waals surface area contributed by atoms with Crippen LogP contribution in [0, 0.1) is 0 Å². The van der Waals surface area contributed by atoms with Gasteiger partial charge in [0.2, 0.25) is 0 Å². The van der Waals surface area contributed by atoms with Crippen LogP contribution >= 0.6 is 0 Å². The molecule has 0 saturated heterocycles. The van der Waals surface area contributed by atoms with Crippen LogP contribution in [0.2, 0.25) is 0 Å². The molecule has 0 aliphatic rings. The minimum absolute atomic E-state index is 1.00. The van der Waals surface area contributed by atoms with E-state index >= 15 is 0 Å². The van der Waals surface area contributed by atoms with Crippen LogP contribution in [0.4, 0.5) is 5.69 Å². The van der Waals surface area contributed by atoms with Gasteiger partial charge in [0, 0.05) is 6.21 Å². The van der Waals surface area contributed by atoms with Crippen molar-refractivity contribution in [1.82, 2.24) is 0 Å². The molecule has 0 amide bonds. The van der Waals surface area contributed by atoms with Crippen LogP contribution in [0.15, 0.2) is 47.5 Å². The molecule has 0 heterocycles. The van der Waals surface area contributed by atoms with E-state index in [4.69, 9.17) is 0 Å². The molecule has 1 heteroatoms. The highest BCUT2D eigenvalue weighted by Crippen LogP contribution is 2.08. The fourth-order valence-corrected chi connectivity index (χ4v) is 0.967. The molecule has 1 aromatic rings. The van der Waals surface area contributed by atoms with Crippen molar-refractivity contribution >= 4 is 11.9 Å². The summed E-state index contributed by atoms with van der Waals surface area (Å²) in [6.45, 7) is 2.17. The highest BCUT2D eigenvalue weighted by atomic mass is 14.7. The van der Waals surface area contributed by atoms with Crippen molar-refractivity contribution in [3.63, 3.8) is 0 Å². The van der Waals surface area contributed by atoms with Crippen molar-refractivity contribution in [2.75, 3.05) is 0 Å². The third-order valence-electron chi connectivity index (χ3n) is 1.66. The lowest BCUT2D eigenvalue weighted by Gasteiger charge is -1.88. The summed E-state index contributed by atoms with van der Waals surface area (Å²) in [7, 11) is 0. The van der Waals surface area contributed by atoms with E-state index in [0.717, 1.165) is 12.1 Å². The smallest absolute Gasteiger partial charge is 0.0629 e. The van der Waals surface area contributed by atoms with Crippen LogP contribution in [0.1, 0.15) is 19.8 Å². The number of para-hydroxylation sites is 1. The van der Waals surface area contributed by atoms with Gasteiger partial charge in [0.15, 0.2) is 0 Å². The van der Waals surface area contributed by atoms with Gasteiger partial charge in [-0.1, -0.05) is 37.6 Å². The predicted molar refractivity (Wildman–Crippen MR) is 58.6 cm³/mol. The summed E-state index contributed by atoms with van der Waals surface area (Å²) in [5, 5.41) is 0. The molecule has 0 N–H and O–H groups in total. The second-order valence-corrected chi connectivity index (χ2v) is 2.83. The number of hydrogen-bond acceptors (Lipinski definition) is 1. The first-order valence-electron chi connectivity index (χ1n) is 4.67. The summed E-state index contributed by atoms with van der Waals surface area (Å²) in [5.41, 5.74) is 1.00. The Balaban J connectivity index is 2.41. The normalized spacial score (nSPS) is 11.5. The largest absolute Gasteiger partial charge is 0.257 e. The lowest BCUT2D eigenvalue weighted by molar-refractivity contribution is 0.960. The van der Waals surface area contributed by atoms with Crippen molar-refractivity contribution in [1.29, 1.82) is 0 Å². The van der Waals surface area contributed by atoms with Crippen molar-refractivity contribution in [3.05, 3.63) is 42.5 Å². The zero-order chi connectivity index (χ0) is 9.36. The maximum absolute atomic E-state index is 4.27. The minimum Gasteiger partial charge on any atom is -0.257 e. The standard InChI is InChI=1S/C12H15N/c1-2-3-4-8-11-13-12-9-6-5-7-10-12/h4-11H,2-3H2,1H3/b8-4-,13-11?. The van der Waals surface area contributed by atoms with E-state index in [-0.39, 0.29) is 0 Å². The molecule has 0 spiro atoms. The van der Waals surface area contributed by atoms with Crippen molar-refractivity contribution in [3.8, 4) is 0 Å². The maximum Gasteiger partial charge on any atom is 0.0629 e. The van der Waals surface area contributed by atoms with Crippen LogP contribution in [0.3, 0.4) is 0 Å². The first-order chi connectivity index (χ1) is 6.43. The quantitative estimate of drug-likeness (QED) is 0.615. The second kappa shape index (κ2) is 6.18. The Labute approximate surface area is 79.8 Å². The Morgan fingerprint density at radius 1 is 1.23 bits per heavy atom. The predicted octanol–water partition coefficient (Wildman–Crippen LogP) is 3.75. The number of unbranched alkanes of at least 4 members (excludes halogenated alkanes) is 1. The molecule has 0 fully saturated rings. The molecule has 0 aromatic heterocycles. The summed E-state index contributed by atoms with van der Waals surface area (Å²) in [4.78, 5) is 4.27. The van der Waals surface area contributed by atoms with Gasteiger partial charge in [0.25, 0.3) is 0 Å². The Morgan fingerprint density at radius 3 is 2.69 bits per heavy atom. The van der Waals surface area contributed by atoms with Crippen LogP contribution in [0.5, 0.6) is 0 Å². The van der Waals surface area contributed by atoms with E-state index < -0.39 is 0 Å². The molecule has 0 aliphatic carbocycles. The lowest BCUT2D eigenvalue weighted by atomic mass is 10.3. The average Bonchev–Trinajstić information content (AvgIpc) is 2.19. The molecule has 0 saturated carbocycles. The van der Waals surface area contributed by atoms with E-state index in [1.54, 1.807) is 0 Å². The molecule has 0 unspecified atom stereocenters. The van der Waals surface area contributed by atoms with Crippen LogP contribution in [-0.2, 0) is 0 Å². The average molecular weight is 173 g/mol. The van der Waals surface area contributed by atoms with Gasteiger partial charge in [-0.3, -0.25) is 4.99 Å². The summed E-state index contributed by atoms with van der Waals surface area (Å²) in [6, 6.07) is 9.95. The van der Waals surface area contributed by atoms with Crippen LogP contribution in [0.25, 0.3) is 0 Å². The molecule has 1 rings (SSSR count). The molecule has 0 atom stereocenters. The maximum atomic E-state index is 4.27. The van der Waals surface area contributed by atoms with Gasteiger partial charge in [-0.05, 0) is 24.6 Å². The molecular weight excluding hydrogens is 158 g/mol. The topological polar surface area (TPSA) is 12.4 Å². The fraction of sp³-hybridized carbons (Fsp3) is 0.250. The van der Waals surface area contributed by atoms with E-state index in [0.29, 0.717) is 0 Å². The second-order valence-electron chi connectivity index (χ2n) is 2.83. The molecule has 1 nitrogen and oxygen atoms in total. The first-order valence-corrected chi connectivity index (χ1v) is 4.67. The van der Waals surface area contributed by atoms with Crippen LogP contribution < -0.4 is 0 Å². The third-order valence-corrected chi connectivity index (χ3v) is 1.66. The first kappa shape index (κ1) is 9.72. The van der Waals surface area contributed by atoms with Gasteiger partial charge in [-0.2, -0.15) is 0 Å².